The van der Waals surface area contributed by atoms with Crippen molar-refractivity contribution in [1.82, 2.24) is 9.88 Å². The fraction of sp³-hybridized carbons (Fsp3) is 0.600. The van der Waals surface area contributed by atoms with E-state index in [9.17, 15) is 4.79 Å². The van der Waals surface area contributed by atoms with E-state index in [1.54, 1.807) is 18.3 Å². The smallest absolute Gasteiger partial charge is 0.255 e. The lowest BCUT2D eigenvalue weighted by Gasteiger charge is -2.33. The van der Waals surface area contributed by atoms with Crippen molar-refractivity contribution in [3.63, 3.8) is 0 Å². The minimum absolute atomic E-state index is 0.0828. The summed E-state index contributed by atoms with van der Waals surface area (Å²) in [6, 6.07) is 4.11. The number of carbonyl (C=O) groups excluding carboxylic acids is 1. The number of nitrogens with zero attached hydrogens (tertiary/aromatic N) is 2. The first-order chi connectivity index (χ1) is 9.04. The van der Waals surface area contributed by atoms with Crippen LogP contribution >= 0.6 is 11.6 Å². The molecule has 1 saturated carbocycles. The topological polar surface area (TPSA) is 33.2 Å². The molecule has 1 heterocycles. The number of amides is 1. The molecule has 2 rings (SSSR count). The molecule has 2 atom stereocenters. The number of halogens is 1. The van der Waals surface area contributed by atoms with E-state index in [1.807, 2.05) is 4.90 Å². The van der Waals surface area contributed by atoms with Crippen LogP contribution in [0.25, 0.3) is 0 Å². The number of pyridine rings is 1. The van der Waals surface area contributed by atoms with E-state index in [0.717, 1.165) is 19.3 Å². The van der Waals surface area contributed by atoms with Crippen LogP contribution in [0.3, 0.4) is 0 Å². The van der Waals surface area contributed by atoms with Crippen molar-refractivity contribution in [1.29, 1.82) is 0 Å². The number of hydrogen-bond donors (Lipinski definition) is 0. The van der Waals surface area contributed by atoms with E-state index >= 15 is 0 Å². The van der Waals surface area contributed by atoms with E-state index in [4.69, 9.17) is 11.6 Å². The largest absolute Gasteiger partial charge is 0.333 e. The lowest BCUT2D eigenvalue weighted by molar-refractivity contribution is 0.0615. The van der Waals surface area contributed by atoms with Gasteiger partial charge in [0, 0.05) is 18.3 Å². The Hall–Kier alpha value is -1.09. The van der Waals surface area contributed by atoms with E-state index in [2.05, 4.69) is 25.8 Å². The van der Waals surface area contributed by atoms with Crippen LogP contribution in [0.15, 0.2) is 18.3 Å². The quantitative estimate of drug-likeness (QED) is 0.769. The van der Waals surface area contributed by atoms with Crippen LogP contribution in [0.4, 0.5) is 0 Å². The summed E-state index contributed by atoms with van der Waals surface area (Å²) in [5.74, 6) is 0.587. The summed E-state index contributed by atoms with van der Waals surface area (Å²) >= 11 is 5.77. The Kier molecular flexibility index (Phi) is 4.46. The number of aromatic nitrogens is 1. The summed E-state index contributed by atoms with van der Waals surface area (Å²) in [5.41, 5.74) is 0.631. The zero-order valence-electron chi connectivity index (χ0n) is 11.8. The first-order valence-electron chi connectivity index (χ1n) is 6.98. The number of hydrogen-bond acceptors (Lipinski definition) is 2. The van der Waals surface area contributed by atoms with Crippen LogP contribution in [0.2, 0.25) is 5.15 Å². The second-order valence-corrected chi connectivity index (χ2v) is 5.83. The van der Waals surface area contributed by atoms with Crippen molar-refractivity contribution in [2.45, 2.75) is 52.1 Å². The molecule has 0 radical (unpaired) electrons. The lowest BCUT2D eigenvalue weighted by atomic mass is 9.98. The highest BCUT2D eigenvalue weighted by Gasteiger charge is 2.37. The Morgan fingerprint density at radius 3 is 2.63 bits per heavy atom. The van der Waals surface area contributed by atoms with Gasteiger partial charge in [0.2, 0.25) is 0 Å². The third-order valence-corrected chi connectivity index (χ3v) is 4.28. The number of rotatable bonds is 5. The Balaban J connectivity index is 2.19. The molecule has 0 unspecified atom stereocenters. The van der Waals surface area contributed by atoms with Crippen molar-refractivity contribution in [2.75, 3.05) is 0 Å². The van der Waals surface area contributed by atoms with Gasteiger partial charge >= 0.3 is 0 Å². The summed E-state index contributed by atoms with van der Waals surface area (Å²) in [7, 11) is 0. The highest BCUT2D eigenvalue weighted by atomic mass is 35.5. The maximum Gasteiger partial charge on any atom is 0.255 e. The molecule has 1 aliphatic carbocycles. The molecule has 1 aromatic heterocycles. The molecule has 0 N–H and O–H groups in total. The van der Waals surface area contributed by atoms with Gasteiger partial charge in [-0.25, -0.2) is 4.98 Å². The standard InChI is InChI=1S/C15H21ClN2O/c1-4-10(2)11(3)18(13-6-7-13)15(19)12-5-8-14(16)17-9-12/h5,8-11,13H,4,6-7H2,1-3H3/t10-,11-/m0/s1. The molecule has 0 spiro atoms. The highest BCUT2D eigenvalue weighted by molar-refractivity contribution is 6.29. The van der Waals surface area contributed by atoms with Gasteiger partial charge in [0.05, 0.1) is 5.56 Å². The average molecular weight is 281 g/mol. The van der Waals surface area contributed by atoms with Crippen LogP contribution in [0.5, 0.6) is 0 Å². The maximum atomic E-state index is 12.6. The first kappa shape index (κ1) is 14.3. The predicted molar refractivity (Wildman–Crippen MR) is 77.4 cm³/mol. The number of carbonyl (C=O) groups is 1. The van der Waals surface area contributed by atoms with Crippen molar-refractivity contribution in [3.8, 4) is 0 Å². The van der Waals surface area contributed by atoms with Gasteiger partial charge in [0.25, 0.3) is 5.91 Å². The summed E-state index contributed by atoms with van der Waals surface area (Å²) in [5, 5.41) is 0.421. The molecule has 19 heavy (non-hydrogen) atoms. The second kappa shape index (κ2) is 5.91. The van der Waals surface area contributed by atoms with Gasteiger partial charge in [-0.1, -0.05) is 31.9 Å². The van der Waals surface area contributed by atoms with Crippen LogP contribution in [-0.4, -0.2) is 27.9 Å². The van der Waals surface area contributed by atoms with E-state index in [-0.39, 0.29) is 11.9 Å². The maximum absolute atomic E-state index is 12.6. The molecule has 1 aromatic rings. The Bertz CT molecular complexity index is 442. The van der Waals surface area contributed by atoms with E-state index in [0.29, 0.717) is 22.7 Å². The molecule has 3 nitrogen and oxygen atoms in total. The Morgan fingerprint density at radius 1 is 1.47 bits per heavy atom. The third kappa shape index (κ3) is 3.27. The van der Waals surface area contributed by atoms with Gasteiger partial charge < -0.3 is 4.90 Å². The van der Waals surface area contributed by atoms with Crippen molar-refractivity contribution >= 4 is 17.5 Å². The van der Waals surface area contributed by atoms with Gasteiger partial charge in [0.15, 0.2) is 0 Å². The molecule has 104 valence electrons. The molecule has 0 aromatic carbocycles. The van der Waals surface area contributed by atoms with Crippen LogP contribution in [0.1, 0.15) is 50.4 Å². The average Bonchev–Trinajstić information content (AvgIpc) is 3.23. The lowest BCUT2D eigenvalue weighted by Crippen LogP contribution is -2.43. The van der Waals surface area contributed by atoms with Gasteiger partial charge in [-0.05, 0) is 37.8 Å². The third-order valence-electron chi connectivity index (χ3n) is 4.06. The van der Waals surface area contributed by atoms with E-state index < -0.39 is 0 Å². The molecule has 0 saturated heterocycles. The van der Waals surface area contributed by atoms with Crippen LogP contribution in [-0.2, 0) is 0 Å². The summed E-state index contributed by atoms with van der Waals surface area (Å²) < 4.78 is 0. The van der Waals surface area contributed by atoms with Gasteiger partial charge in [-0.3, -0.25) is 4.79 Å². The molecular formula is C15H21ClN2O. The minimum Gasteiger partial charge on any atom is -0.333 e. The van der Waals surface area contributed by atoms with Crippen molar-refractivity contribution in [2.24, 2.45) is 5.92 Å². The normalized spacial score (nSPS) is 17.9. The molecule has 0 bridgehead atoms. The monoisotopic (exact) mass is 280 g/mol. The van der Waals surface area contributed by atoms with E-state index in [1.165, 1.54) is 0 Å². The summed E-state index contributed by atoms with van der Waals surface area (Å²) in [4.78, 5) is 18.7. The zero-order chi connectivity index (χ0) is 14.0. The van der Waals surface area contributed by atoms with Crippen LogP contribution < -0.4 is 0 Å². The SMILES string of the molecule is CC[C@H](C)[C@H](C)N(C(=O)c1ccc(Cl)nc1)C1CC1. The van der Waals surface area contributed by atoms with Gasteiger partial charge in [-0.15, -0.1) is 0 Å². The summed E-state index contributed by atoms with van der Waals surface area (Å²) in [6.45, 7) is 6.52. The molecule has 4 heteroatoms. The molecule has 1 amide bonds. The highest BCUT2D eigenvalue weighted by Crippen LogP contribution is 2.32. The summed E-state index contributed by atoms with van der Waals surface area (Å²) in [6.07, 6.45) is 4.89. The van der Waals surface area contributed by atoms with Crippen molar-refractivity contribution < 1.29 is 4.79 Å². The molecular weight excluding hydrogens is 260 g/mol. The first-order valence-corrected chi connectivity index (χ1v) is 7.36. The van der Waals surface area contributed by atoms with Gasteiger partial charge in [0.1, 0.15) is 5.15 Å². The molecule has 0 aliphatic heterocycles. The predicted octanol–water partition coefficient (Wildman–Crippen LogP) is 3.77. The van der Waals surface area contributed by atoms with Crippen LogP contribution in [0, 0.1) is 5.92 Å². The second-order valence-electron chi connectivity index (χ2n) is 5.44. The van der Waals surface area contributed by atoms with Gasteiger partial charge in [-0.2, -0.15) is 0 Å². The Morgan fingerprint density at radius 2 is 2.16 bits per heavy atom. The fourth-order valence-corrected chi connectivity index (χ4v) is 2.41. The fourth-order valence-electron chi connectivity index (χ4n) is 2.30. The molecule has 1 aliphatic rings. The molecule has 1 fully saturated rings. The zero-order valence-corrected chi connectivity index (χ0v) is 12.5. The minimum atomic E-state index is 0.0828. The van der Waals surface area contributed by atoms with Crippen molar-refractivity contribution in [3.05, 3.63) is 29.0 Å². The Labute approximate surface area is 120 Å².